The molecule has 5 heteroatoms. The molecule has 1 saturated carbocycles. The first-order chi connectivity index (χ1) is 10.1. The lowest BCUT2D eigenvalue weighted by molar-refractivity contribution is -0.384. The molecule has 0 amide bonds. The number of nitro benzene ring substituents is 1. The van der Waals surface area contributed by atoms with Crippen LogP contribution in [-0.2, 0) is 0 Å². The van der Waals surface area contributed by atoms with Crippen molar-refractivity contribution < 1.29 is 9.66 Å². The number of rotatable bonds is 9. The van der Waals surface area contributed by atoms with Gasteiger partial charge in [0.25, 0.3) is 5.69 Å². The number of benzene rings is 1. The van der Waals surface area contributed by atoms with Gasteiger partial charge in [-0.1, -0.05) is 20.3 Å². The molecule has 0 aromatic heterocycles. The van der Waals surface area contributed by atoms with Crippen molar-refractivity contribution in [3.63, 3.8) is 0 Å². The van der Waals surface area contributed by atoms with Crippen LogP contribution in [0.2, 0.25) is 0 Å². The topological polar surface area (TPSA) is 64.4 Å². The molecule has 2 rings (SSSR count). The zero-order valence-corrected chi connectivity index (χ0v) is 12.9. The molecule has 1 fully saturated rings. The van der Waals surface area contributed by atoms with E-state index in [0.29, 0.717) is 17.8 Å². The molecule has 1 aromatic rings. The van der Waals surface area contributed by atoms with Gasteiger partial charge < -0.3 is 10.1 Å². The van der Waals surface area contributed by atoms with Crippen LogP contribution in [-0.4, -0.2) is 18.1 Å². The summed E-state index contributed by atoms with van der Waals surface area (Å²) in [6.45, 7) is 5.66. The molecule has 0 bridgehead atoms. The first-order valence-electron chi connectivity index (χ1n) is 7.75. The maximum Gasteiger partial charge on any atom is 0.275 e. The van der Waals surface area contributed by atoms with Crippen LogP contribution >= 0.6 is 0 Å². The van der Waals surface area contributed by atoms with Crippen LogP contribution in [0.4, 0.5) is 11.4 Å². The Hall–Kier alpha value is -1.78. The van der Waals surface area contributed by atoms with E-state index in [1.807, 2.05) is 13.0 Å². The molecule has 0 heterocycles. The predicted octanol–water partition coefficient (Wildman–Crippen LogP) is 4.38. The number of hydrogen-bond acceptors (Lipinski definition) is 4. The van der Waals surface area contributed by atoms with Gasteiger partial charge in [-0.25, -0.2) is 0 Å². The summed E-state index contributed by atoms with van der Waals surface area (Å²) in [7, 11) is 0. The van der Waals surface area contributed by atoms with E-state index >= 15 is 0 Å². The van der Waals surface area contributed by atoms with E-state index in [4.69, 9.17) is 4.74 Å². The zero-order valence-electron chi connectivity index (χ0n) is 12.9. The monoisotopic (exact) mass is 292 g/mol. The summed E-state index contributed by atoms with van der Waals surface area (Å²) in [6, 6.07) is 4.92. The van der Waals surface area contributed by atoms with Gasteiger partial charge in [0.1, 0.15) is 5.75 Å². The highest BCUT2D eigenvalue weighted by Gasteiger charge is 2.41. The summed E-state index contributed by atoms with van der Waals surface area (Å²) < 4.78 is 5.54. The lowest BCUT2D eigenvalue weighted by atomic mass is 10.0. The summed E-state index contributed by atoms with van der Waals surface area (Å²) in [5, 5.41) is 14.4. The van der Waals surface area contributed by atoms with Crippen molar-refractivity contribution in [1.29, 1.82) is 0 Å². The summed E-state index contributed by atoms with van der Waals surface area (Å²) in [5.41, 5.74) is 1.26. The van der Waals surface area contributed by atoms with Gasteiger partial charge >= 0.3 is 0 Å². The second-order valence-electron chi connectivity index (χ2n) is 5.92. The van der Waals surface area contributed by atoms with E-state index in [1.165, 1.54) is 31.7 Å². The molecule has 1 N–H and O–H groups in total. The average Bonchev–Trinajstić information content (AvgIpc) is 3.23. The summed E-state index contributed by atoms with van der Waals surface area (Å²) in [6.07, 6.45) is 5.78. The molecule has 5 nitrogen and oxygen atoms in total. The molecule has 0 unspecified atom stereocenters. The van der Waals surface area contributed by atoms with Crippen LogP contribution in [0, 0.1) is 15.5 Å². The van der Waals surface area contributed by atoms with Crippen LogP contribution in [0.15, 0.2) is 18.2 Å². The Balaban J connectivity index is 2.06. The number of ether oxygens (including phenoxy) is 1. The van der Waals surface area contributed by atoms with Gasteiger partial charge in [0.05, 0.1) is 17.6 Å². The number of nitrogens with zero attached hydrogens (tertiary/aromatic N) is 1. The highest BCUT2D eigenvalue weighted by Crippen LogP contribution is 2.49. The lowest BCUT2D eigenvalue weighted by Crippen LogP contribution is -2.15. The maximum absolute atomic E-state index is 11.0. The van der Waals surface area contributed by atoms with Gasteiger partial charge in [0.2, 0.25) is 0 Å². The fourth-order valence-corrected chi connectivity index (χ4v) is 2.61. The van der Waals surface area contributed by atoms with Crippen molar-refractivity contribution in [3.05, 3.63) is 28.3 Å². The minimum Gasteiger partial charge on any atom is -0.493 e. The largest absolute Gasteiger partial charge is 0.493 e. The zero-order chi connectivity index (χ0) is 15.3. The van der Waals surface area contributed by atoms with Crippen LogP contribution in [0.3, 0.4) is 0 Å². The average molecular weight is 292 g/mol. The van der Waals surface area contributed by atoms with Gasteiger partial charge in [0, 0.05) is 24.4 Å². The quantitative estimate of drug-likeness (QED) is 0.542. The molecule has 1 aromatic carbocycles. The molecule has 0 atom stereocenters. The third-order valence-electron chi connectivity index (χ3n) is 3.98. The van der Waals surface area contributed by atoms with Crippen molar-refractivity contribution in [2.24, 2.45) is 5.41 Å². The lowest BCUT2D eigenvalue weighted by Gasteiger charge is -2.16. The number of non-ortho nitro benzene ring substituents is 1. The number of hydrogen-bond donors (Lipinski definition) is 1. The van der Waals surface area contributed by atoms with Crippen LogP contribution in [0.25, 0.3) is 0 Å². The Morgan fingerprint density at radius 3 is 2.62 bits per heavy atom. The highest BCUT2D eigenvalue weighted by molar-refractivity contribution is 5.56. The van der Waals surface area contributed by atoms with Crippen LogP contribution < -0.4 is 10.1 Å². The Morgan fingerprint density at radius 1 is 1.29 bits per heavy atom. The minimum absolute atomic E-state index is 0.0754. The Bertz CT molecular complexity index is 498. The fourth-order valence-electron chi connectivity index (χ4n) is 2.61. The van der Waals surface area contributed by atoms with Gasteiger partial charge in [-0.15, -0.1) is 0 Å². The van der Waals surface area contributed by atoms with E-state index in [-0.39, 0.29) is 10.6 Å². The number of anilines is 1. The van der Waals surface area contributed by atoms with E-state index in [1.54, 1.807) is 6.07 Å². The predicted molar refractivity (Wildman–Crippen MR) is 83.9 cm³/mol. The molecule has 1 aliphatic rings. The van der Waals surface area contributed by atoms with Gasteiger partial charge in [-0.05, 0) is 31.1 Å². The molecule has 21 heavy (non-hydrogen) atoms. The van der Waals surface area contributed by atoms with Crippen LogP contribution in [0.5, 0.6) is 5.75 Å². The van der Waals surface area contributed by atoms with Crippen molar-refractivity contribution in [3.8, 4) is 5.75 Å². The highest BCUT2D eigenvalue weighted by atomic mass is 16.6. The molecular weight excluding hydrogens is 268 g/mol. The molecule has 0 spiro atoms. The molecule has 0 saturated heterocycles. The summed E-state index contributed by atoms with van der Waals surface area (Å²) in [5.74, 6) is 0.564. The summed E-state index contributed by atoms with van der Waals surface area (Å²) in [4.78, 5) is 10.6. The Morgan fingerprint density at radius 2 is 2.05 bits per heavy atom. The third kappa shape index (κ3) is 4.34. The number of nitrogens with one attached hydrogen (secondary N) is 1. The Labute approximate surface area is 125 Å². The normalized spacial score (nSPS) is 15.5. The Kier molecular flexibility index (Phi) is 5.04. The van der Waals surface area contributed by atoms with E-state index in [2.05, 4.69) is 12.2 Å². The summed E-state index contributed by atoms with van der Waals surface area (Å²) >= 11 is 0. The van der Waals surface area contributed by atoms with Gasteiger partial charge in [0.15, 0.2) is 0 Å². The van der Waals surface area contributed by atoms with Gasteiger partial charge in [-0.2, -0.15) is 0 Å². The maximum atomic E-state index is 11.0. The van der Waals surface area contributed by atoms with Crippen molar-refractivity contribution >= 4 is 11.4 Å². The first-order valence-corrected chi connectivity index (χ1v) is 7.75. The standard InChI is InChI=1S/C16H24N2O3/c1-3-5-16(6-7-16)12-17-13-9-14(18(19)20)11-15(10-13)21-8-4-2/h9-11,17H,3-8,12H2,1-2H3. The van der Waals surface area contributed by atoms with Crippen molar-refractivity contribution in [2.45, 2.75) is 46.0 Å². The van der Waals surface area contributed by atoms with Gasteiger partial charge in [-0.3, -0.25) is 10.1 Å². The molecule has 1 aliphatic carbocycles. The minimum atomic E-state index is -0.372. The molecule has 0 radical (unpaired) electrons. The van der Waals surface area contributed by atoms with Crippen LogP contribution in [0.1, 0.15) is 46.0 Å². The van der Waals surface area contributed by atoms with E-state index < -0.39 is 0 Å². The molecule has 0 aliphatic heterocycles. The number of nitro groups is 1. The van der Waals surface area contributed by atoms with E-state index in [0.717, 1.165) is 18.7 Å². The van der Waals surface area contributed by atoms with Crippen molar-refractivity contribution in [1.82, 2.24) is 0 Å². The second kappa shape index (κ2) is 6.78. The first kappa shape index (κ1) is 15.6. The van der Waals surface area contributed by atoms with E-state index in [9.17, 15) is 10.1 Å². The fraction of sp³-hybridized carbons (Fsp3) is 0.625. The SMILES string of the molecule is CCCOc1cc(NCC2(CCC)CC2)cc([N+](=O)[O-])c1. The van der Waals surface area contributed by atoms with Crippen molar-refractivity contribution in [2.75, 3.05) is 18.5 Å². The molecular formula is C16H24N2O3. The molecule has 116 valence electrons. The smallest absolute Gasteiger partial charge is 0.275 e. The second-order valence-corrected chi connectivity index (χ2v) is 5.92. The third-order valence-corrected chi connectivity index (χ3v) is 3.98.